The number of hydrogen-bond donors (Lipinski definition) is 1. The van der Waals surface area contributed by atoms with Gasteiger partial charge >= 0.3 is 0 Å². The second-order valence-electron chi connectivity index (χ2n) is 5.65. The van der Waals surface area contributed by atoms with Gasteiger partial charge in [-0.05, 0) is 23.3 Å². The highest BCUT2D eigenvalue weighted by molar-refractivity contribution is 7.17. The second-order valence-corrected chi connectivity index (χ2v) is 6.50. The summed E-state index contributed by atoms with van der Waals surface area (Å²) in [5, 5.41) is 2.94. The van der Waals surface area contributed by atoms with E-state index in [2.05, 4.69) is 16.4 Å². The van der Waals surface area contributed by atoms with Crippen LogP contribution >= 0.6 is 11.3 Å². The summed E-state index contributed by atoms with van der Waals surface area (Å²) in [5.74, 6) is 1.24. The van der Waals surface area contributed by atoms with Crippen molar-refractivity contribution < 1.29 is 14.3 Å². The molecule has 6 heteroatoms. The quantitative estimate of drug-likeness (QED) is 0.788. The minimum Gasteiger partial charge on any atom is -0.493 e. The first-order chi connectivity index (χ1) is 11.7. The van der Waals surface area contributed by atoms with E-state index in [1.165, 1.54) is 0 Å². The SMILES string of the molecule is COc1cc2c(cc1OC)C(c1cccc3ncsc13)CC(=O)N2. The van der Waals surface area contributed by atoms with Crippen LogP contribution in [0.4, 0.5) is 5.69 Å². The van der Waals surface area contributed by atoms with Gasteiger partial charge in [0.05, 0.1) is 29.9 Å². The fourth-order valence-electron chi connectivity index (χ4n) is 3.25. The molecule has 1 aliphatic heterocycles. The number of ether oxygens (including phenoxy) is 2. The maximum atomic E-state index is 12.2. The summed E-state index contributed by atoms with van der Waals surface area (Å²) in [6.07, 6.45) is 0.402. The molecule has 2 heterocycles. The van der Waals surface area contributed by atoms with Gasteiger partial charge in [-0.1, -0.05) is 12.1 Å². The number of aromatic nitrogens is 1. The average Bonchev–Trinajstić information content (AvgIpc) is 3.08. The molecule has 0 saturated carbocycles. The number of fused-ring (bicyclic) bond motifs is 2. The first kappa shape index (κ1) is 15.0. The molecule has 1 aliphatic rings. The van der Waals surface area contributed by atoms with Gasteiger partial charge in [0.1, 0.15) is 0 Å². The lowest BCUT2D eigenvalue weighted by Crippen LogP contribution is -2.23. The number of hydrogen-bond acceptors (Lipinski definition) is 5. The summed E-state index contributed by atoms with van der Waals surface area (Å²) in [4.78, 5) is 16.6. The average molecular weight is 340 g/mol. The molecule has 0 fully saturated rings. The van der Waals surface area contributed by atoms with E-state index in [1.54, 1.807) is 25.6 Å². The molecule has 1 unspecified atom stereocenters. The maximum absolute atomic E-state index is 12.2. The number of nitrogens with one attached hydrogen (secondary N) is 1. The molecular formula is C18H16N2O3S. The van der Waals surface area contributed by atoms with Crippen LogP contribution in [0.3, 0.4) is 0 Å². The third-order valence-electron chi connectivity index (χ3n) is 4.36. The Morgan fingerprint density at radius 3 is 2.75 bits per heavy atom. The van der Waals surface area contributed by atoms with E-state index in [-0.39, 0.29) is 11.8 Å². The van der Waals surface area contributed by atoms with Crippen molar-refractivity contribution in [3.63, 3.8) is 0 Å². The van der Waals surface area contributed by atoms with E-state index in [1.807, 2.05) is 29.8 Å². The molecule has 5 nitrogen and oxygen atoms in total. The molecule has 122 valence electrons. The Morgan fingerprint density at radius 1 is 1.17 bits per heavy atom. The number of carbonyl (C=O) groups is 1. The number of benzene rings is 2. The first-order valence-corrected chi connectivity index (χ1v) is 8.47. The number of amides is 1. The Labute approximate surface area is 143 Å². The number of methoxy groups -OCH3 is 2. The van der Waals surface area contributed by atoms with Crippen molar-refractivity contribution >= 4 is 33.1 Å². The van der Waals surface area contributed by atoms with E-state index in [0.29, 0.717) is 17.9 Å². The largest absolute Gasteiger partial charge is 0.493 e. The van der Waals surface area contributed by atoms with Crippen LogP contribution in [0.5, 0.6) is 11.5 Å². The van der Waals surface area contributed by atoms with Gasteiger partial charge in [0.2, 0.25) is 5.91 Å². The highest BCUT2D eigenvalue weighted by Crippen LogP contribution is 2.44. The molecule has 2 aromatic carbocycles. The number of anilines is 1. The summed E-state index contributed by atoms with van der Waals surface area (Å²) in [6, 6.07) is 9.84. The minimum atomic E-state index is -0.0299. The fraction of sp³-hybridized carbons (Fsp3) is 0.222. The van der Waals surface area contributed by atoms with Crippen LogP contribution in [0.15, 0.2) is 35.8 Å². The van der Waals surface area contributed by atoms with E-state index in [0.717, 1.165) is 27.0 Å². The van der Waals surface area contributed by atoms with Crippen molar-refractivity contribution in [2.24, 2.45) is 0 Å². The molecule has 1 amide bonds. The van der Waals surface area contributed by atoms with Gasteiger partial charge in [0.15, 0.2) is 11.5 Å². The summed E-state index contributed by atoms with van der Waals surface area (Å²) in [7, 11) is 3.20. The zero-order chi connectivity index (χ0) is 16.7. The molecule has 0 bridgehead atoms. The monoisotopic (exact) mass is 340 g/mol. The van der Waals surface area contributed by atoms with Crippen molar-refractivity contribution in [2.75, 3.05) is 19.5 Å². The zero-order valence-corrected chi connectivity index (χ0v) is 14.1. The lowest BCUT2D eigenvalue weighted by Gasteiger charge is -2.27. The van der Waals surface area contributed by atoms with Crippen LogP contribution in [0.25, 0.3) is 10.2 Å². The number of thiazole rings is 1. The summed E-state index contributed by atoms with van der Waals surface area (Å²) in [5.41, 5.74) is 5.74. The minimum absolute atomic E-state index is 0.00115. The van der Waals surface area contributed by atoms with E-state index < -0.39 is 0 Å². The molecule has 24 heavy (non-hydrogen) atoms. The standard InChI is InChI=1S/C18H16N2O3S/c1-22-15-6-12-11(7-17(21)20-14(12)8-16(15)23-2)10-4-3-5-13-18(10)24-9-19-13/h3-6,8-9,11H,7H2,1-2H3,(H,20,21). The lowest BCUT2D eigenvalue weighted by atomic mass is 9.84. The van der Waals surface area contributed by atoms with Crippen LogP contribution in [-0.2, 0) is 4.79 Å². The molecule has 0 radical (unpaired) electrons. The Bertz CT molecular complexity index is 935. The lowest BCUT2D eigenvalue weighted by molar-refractivity contribution is -0.116. The van der Waals surface area contributed by atoms with Crippen molar-refractivity contribution in [2.45, 2.75) is 12.3 Å². The molecule has 3 aromatic rings. The first-order valence-electron chi connectivity index (χ1n) is 7.59. The predicted octanol–water partition coefficient (Wildman–Crippen LogP) is 3.79. The van der Waals surface area contributed by atoms with Gasteiger partial charge in [-0.3, -0.25) is 4.79 Å². The molecule has 1 atom stereocenters. The Kier molecular flexibility index (Phi) is 3.61. The molecule has 4 rings (SSSR count). The van der Waals surface area contributed by atoms with Crippen molar-refractivity contribution in [1.29, 1.82) is 0 Å². The third kappa shape index (κ3) is 2.30. The van der Waals surface area contributed by atoms with Crippen LogP contribution in [0.1, 0.15) is 23.5 Å². The van der Waals surface area contributed by atoms with Crippen LogP contribution in [-0.4, -0.2) is 25.1 Å². The van der Waals surface area contributed by atoms with Gasteiger partial charge in [-0.2, -0.15) is 0 Å². The van der Waals surface area contributed by atoms with Crippen LogP contribution in [0.2, 0.25) is 0 Å². The molecule has 1 aromatic heterocycles. The maximum Gasteiger partial charge on any atom is 0.225 e. The van der Waals surface area contributed by atoms with Gasteiger partial charge in [0, 0.05) is 24.1 Å². The zero-order valence-electron chi connectivity index (χ0n) is 13.3. The van der Waals surface area contributed by atoms with Crippen molar-refractivity contribution in [3.8, 4) is 11.5 Å². The van der Waals surface area contributed by atoms with Gasteiger partial charge < -0.3 is 14.8 Å². The summed E-state index contributed by atoms with van der Waals surface area (Å²) >= 11 is 1.60. The smallest absolute Gasteiger partial charge is 0.225 e. The third-order valence-corrected chi connectivity index (χ3v) is 5.25. The second kappa shape index (κ2) is 5.79. The molecule has 1 N–H and O–H groups in total. The predicted molar refractivity (Wildman–Crippen MR) is 94.3 cm³/mol. The van der Waals surface area contributed by atoms with Crippen LogP contribution in [0, 0.1) is 0 Å². The van der Waals surface area contributed by atoms with E-state index >= 15 is 0 Å². The van der Waals surface area contributed by atoms with Gasteiger partial charge in [-0.15, -0.1) is 11.3 Å². The summed E-state index contributed by atoms with van der Waals surface area (Å²) in [6.45, 7) is 0. The Hall–Kier alpha value is -2.60. The molecule has 0 aliphatic carbocycles. The molecule has 0 spiro atoms. The van der Waals surface area contributed by atoms with Gasteiger partial charge in [0.25, 0.3) is 0 Å². The molecular weight excluding hydrogens is 324 g/mol. The van der Waals surface area contributed by atoms with Crippen molar-refractivity contribution in [3.05, 3.63) is 47.0 Å². The fourth-order valence-corrected chi connectivity index (χ4v) is 4.11. The Morgan fingerprint density at radius 2 is 1.96 bits per heavy atom. The number of rotatable bonds is 3. The number of carbonyl (C=O) groups excluding carboxylic acids is 1. The van der Waals surface area contributed by atoms with Crippen LogP contribution < -0.4 is 14.8 Å². The van der Waals surface area contributed by atoms with Crippen molar-refractivity contribution in [1.82, 2.24) is 4.98 Å². The highest BCUT2D eigenvalue weighted by atomic mass is 32.1. The highest BCUT2D eigenvalue weighted by Gasteiger charge is 2.29. The van der Waals surface area contributed by atoms with E-state index in [9.17, 15) is 4.79 Å². The van der Waals surface area contributed by atoms with Gasteiger partial charge in [-0.25, -0.2) is 4.98 Å². The van der Waals surface area contributed by atoms with E-state index in [4.69, 9.17) is 9.47 Å². The normalized spacial score (nSPS) is 16.6. The molecule has 0 saturated heterocycles. The topological polar surface area (TPSA) is 60.5 Å². The number of nitrogens with zero attached hydrogens (tertiary/aromatic N) is 1. The summed E-state index contributed by atoms with van der Waals surface area (Å²) < 4.78 is 11.9. The Balaban J connectivity index is 1.92.